The van der Waals surface area contributed by atoms with Gasteiger partial charge in [-0.15, -0.1) is 0 Å². The van der Waals surface area contributed by atoms with Crippen LogP contribution in [-0.4, -0.2) is 5.97 Å². The van der Waals surface area contributed by atoms with Crippen LogP contribution in [-0.2, 0) is 0 Å². The highest BCUT2D eigenvalue weighted by atomic mass is 35.5. The Morgan fingerprint density at radius 2 is 1.76 bits per heavy atom. The first-order valence-corrected chi connectivity index (χ1v) is 5.58. The monoisotopic (exact) mass is 246 g/mol. The van der Waals surface area contributed by atoms with Crippen molar-refractivity contribution in [2.45, 2.75) is 6.92 Å². The molecule has 17 heavy (non-hydrogen) atoms. The number of esters is 1. The minimum Gasteiger partial charge on any atom is -0.421 e. The molecule has 86 valence electrons. The number of hydrogen-bond acceptors (Lipinski definition) is 2. The summed E-state index contributed by atoms with van der Waals surface area (Å²) in [4.78, 5) is 11.8. The quantitative estimate of drug-likeness (QED) is 0.594. The van der Waals surface area contributed by atoms with Gasteiger partial charge in [0.05, 0.1) is 10.6 Å². The molecule has 0 aliphatic rings. The number of aryl methyl sites for hydroxylation is 1. The highest BCUT2D eigenvalue weighted by Gasteiger charge is 2.12. The van der Waals surface area contributed by atoms with Gasteiger partial charge in [0.25, 0.3) is 0 Å². The van der Waals surface area contributed by atoms with Crippen molar-refractivity contribution >= 4 is 17.6 Å². The maximum absolute atomic E-state index is 11.8. The molecule has 0 radical (unpaired) electrons. The van der Waals surface area contributed by atoms with Crippen LogP contribution in [0.25, 0.3) is 0 Å². The molecule has 0 amide bonds. The average Bonchev–Trinajstić information content (AvgIpc) is 2.35. The molecular weight excluding hydrogens is 236 g/mol. The lowest BCUT2D eigenvalue weighted by molar-refractivity contribution is 0.0733. The first kappa shape index (κ1) is 11.7. The average molecular weight is 247 g/mol. The highest BCUT2D eigenvalue weighted by molar-refractivity contribution is 6.32. The van der Waals surface area contributed by atoms with Crippen LogP contribution in [0.1, 0.15) is 15.9 Å². The van der Waals surface area contributed by atoms with Crippen LogP contribution in [0.15, 0.2) is 48.5 Å². The van der Waals surface area contributed by atoms with Gasteiger partial charge in [-0.25, -0.2) is 4.79 Å². The number of benzene rings is 2. The SMILES string of the molecule is Cc1cccc(Cl)c1OC(=O)c1ccccc1. The van der Waals surface area contributed by atoms with Gasteiger partial charge in [-0.1, -0.05) is 41.9 Å². The predicted octanol–water partition coefficient (Wildman–Crippen LogP) is 3.87. The summed E-state index contributed by atoms with van der Waals surface area (Å²) in [5, 5.41) is 0.439. The Hall–Kier alpha value is -1.80. The highest BCUT2D eigenvalue weighted by Crippen LogP contribution is 2.28. The second kappa shape index (κ2) is 5.02. The number of rotatable bonds is 2. The molecule has 0 saturated heterocycles. The summed E-state index contributed by atoms with van der Waals surface area (Å²) in [5.41, 5.74) is 1.34. The number of hydrogen-bond donors (Lipinski definition) is 0. The summed E-state index contributed by atoms with van der Waals surface area (Å²) in [5.74, 6) is 0.0184. The second-order valence-electron chi connectivity index (χ2n) is 3.64. The Kier molecular flexibility index (Phi) is 3.45. The summed E-state index contributed by atoms with van der Waals surface area (Å²) < 4.78 is 5.29. The van der Waals surface area contributed by atoms with Gasteiger partial charge in [0.1, 0.15) is 0 Å². The van der Waals surface area contributed by atoms with Crippen molar-refractivity contribution in [3.8, 4) is 5.75 Å². The first-order chi connectivity index (χ1) is 8.18. The van der Waals surface area contributed by atoms with Crippen LogP contribution in [0.3, 0.4) is 0 Å². The molecule has 2 rings (SSSR count). The Labute approximate surface area is 105 Å². The third-order valence-corrected chi connectivity index (χ3v) is 2.67. The largest absolute Gasteiger partial charge is 0.421 e. The van der Waals surface area contributed by atoms with Crippen molar-refractivity contribution < 1.29 is 9.53 Å². The van der Waals surface area contributed by atoms with Crippen LogP contribution in [0.4, 0.5) is 0 Å². The third-order valence-electron chi connectivity index (χ3n) is 2.37. The van der Waals surface area contributed by atoms with E-state index >= 15 is 0 Å². The van der Waals surface area contributed by atoms with Gasteiger partial charge in [0.15, 0.2) is 5.75 Å². The predicted molar refractivity (Wildman–Crippen MR) is 67.6 cm³/mol. The fourth-order valence-electron chi connectivity index (χ4n) is 1.47. The van der Waals surface area contributed by atoms with E-state index < -0.39 is 5.97 Å². The lowest BCUT2D eigenvalue weighted by Gasteiger charge is -2.08. The Bertz CT molecular complexity index is 515. The van der Waals surface area contributed by atoms with E-state index in [4.69, 9.17) is 16.3 Å². The van der Waals surface area contributed by atoms with E-state index in [1.807, 2.05) is 25.1 Å². The van der Waals surface area contributed by atoms with E-state index in [0.717, 1.165) is 5.56 Å². The zero-order chi connectivity index (χ0) is 12.3. The summed E-state index contributed by atoms with van der Waals surface area (Å²) in [6.45, 7) is 1.85. The smallest absolute Gasteiger partial charge is 0.343 e. The minimum absolute atomic E-state index is 0.401. The van der Waals surface area contributed by atoms with Crippen molar-refractivity contribution in [1.29, 1.82) is 0 Å². The normalized spacial score (nSPS) is 10.0. The third kappa shape index (κ3) is 2.66. The van der Waals surface area contributed by atoms with Gasteiger partial charge in [-0.2, -0.15) is 0 Å². The van der Waals surface area contributed by atoms with Crippen LogP contribution in [0.5, 0.6) is 5.75 Å². The maximum atomic E-state index is 11.8. The van der Waals surface area contributed by atoms with Crippen molar-refractivity contribution in [2.75, 3.05) is 0 Å². The lowest BCUT2D eigenvalue weighted by atomic mass is 10.2. The van der Waals surface area contributed by atoms with Gasteiger partial charge < -0.3 is 4.74 Å². The zero-order valence-corrected chi connectivity index (χ0v) is 10.1. The second-order valence-corrected chi connectivity index (χ2v) is 4.05. The van der Waals surface area contributed by atoms with Crippen molar-refractivity contribution in [2.24, 2.45) is 0 Å². The molecule has 0 aromatic heterocycles. The van der Waals surface area contributed by atoms with Crippen molar-refractivity contribution in [3.63, 3.8) is 0 Å². The van der Waals surface area contributed by atoms with Crippen LogP contribution in [0.2, 0.25) is 5.02 Å². The number of carbonyl (C=O) groups excluding carboxylic acids is 1. The Morgan fingerprint density at radius 3 is 2.41 bits per heavy atom. The lowest BCUT2D eigenvalue weighted by Crippen LogP contribution is -2.09. The molecular formula is C14H11ClO2. The molecule has 0 aliphatic heterocycles. The fourth-order valence-corrected chi connectivity index (χ4v) is 1.73. The van der Waals surface area contributed by atoms with E-state index in [1.54, 1.807) is 30.3 Å². The summed E-state index contributed by atoms with van der Waals surface area (Å²) in [6, 6.07) is 14.2. The van der Waals surface area contributed by atoms with Gasteiger partial charge in [-0.05, 0) is 30.7 Å². The van der Waals surface area contributed by atoms with E-state index in [-0.39, 0.29) is 0 Å². The molecule has 0 fully saturated rings. The molecule has 2 nitrogen and oxygen atoms in total. The summed E-state index contributed by atoms with van der Waals surface area (Å²) >= 11 is 5.98. The van der Waals surface area contributed by atoms with E-state index in [9.17, 15) is 4.79 Å². The number of halogens is 1. The first-order valence-electron chi connectivity index (χ1n) is 5.21. The van der Waals surface area contributed by atoms with Gasteiger partial charge >= 0.3 is 5.97 Å². The Morgan fingerprint density at radius 1 is 1.06 bits per heavy atom. The van der Waals surface area contributed by atoms with E-state index in [2.05, 4.69) is 0 Å². The van der Waals surface area contributed by atoms with Gasteiger partial charge in [-0.3, -0.25) is 0 Å². The topological polar surface area (TPSA) is 26.3 Å². The van der Waals surface area contributed by atoms with E-state index in [0.29, 0.717) is 16.3 Å². The molecule has 2 aromatic carbocycles. The molecule has 0 bridgehead atoms. The van der Waals surface area contributed by atoms with E-state index in [1.165, 1.54) is 0 Å². The fraction of sp³-hybridized carbons (Fsp3) is 0.0714. The number of carbonyl (C=O) groups is 1. The number of ether oxygens (including phenoxy) is 1. The minimum atomic E-state index is -0.401. The summed E-state index contributed by atoms with van der Waals surface area (Å²) in [7, 11) is 0. The summed E-state index contributed by atoms with van der Waals surface area (Å²) in [6.07, 6.45) is 0. The van der Waals surface area contributed by atoms with Crippen LogP contribution < -0.4 is 4.74 Å². The molecule has 0 heterocycles. The molecule has 0 N–H and O–H groups in total. The molecule has 0 saturated carbocycles. The van der Waals surface area contributed by atoms with Crippen molar-refractivity contribution in [3.05, 3.63) is 64.7 Å². The molecule has 2 aromatic rings. The molecule has 0 unspecified atom stereocenters. The van der Waals surface area contributed by atoms with Crippen LogP contribution in [0, 0.1) is 6.92 Å². The van der Waals surface area contributed by atoms with Crippen LogP contribution >= 0.6 is 11.6 Å². The van der Waals surface area contributed by atoms with Gasteiger partial charge in [0.2, 0.25) is 0 Å². The molecule has 0 atom stereocenters. The maximum Gasteiger partial charge on any atom is 0.343 e. The molecule has 0 spiro atoms. The standard InChI is InChI=1S/C14H11ClO2/c1-10-6-5-9-12(15)13(10)17-14(16)11-7-3-2-4-8-11/h2-9H,1H3. The molecule has 0 aliphatic carbocycles. The van der Waals surface area contributed by atoms with Crippen molar-refractivity contribution in [1.82, 2.24) is 0 Å². The zero-order valence-electron chi connectivity index (χ0n) is 9.31. The Balaban J connectivity index is 2.25. The van der Waals surface area contributed by atoms with Gasteiger partial charge in [0, 0.05) is 0 Å². The molecule has 3 heteroatoms. The number of para-hydroxylation sites is 1.